The van der Waals surface area contributed by atoms with Crippen molar-refractivity contribution in [2.24, 2.45) is 0 Å². The Hall–Kier alpha value is -0.730. The molecular formula is C9H18N2O. The fourth-order valence-electron chi connectivity index (χ4n) is 1.01. The summed E-state index contributed by atoms with van der Waals surface area (Å²) >= 11 is 0. The maximum absolute atomic E-state index is 11.3. The fraction of sp³-hybridized carbons (Fsp3) is 0.889. The summed E-state index contributed by atoms with van der Waals surface area (Å²) in [5.41, 5.74) is 0. The number of nitrogens with one attached hydrogen (secondary N) is 1. The smallest absolute Gasteiger partial charge is 0.317 e. The summed E-state index contributed by atoms with van der Waals surface area (Å²) in [6.07, 6.45) is 4.55. The van der Waals surface area contributed by atoms with Crippen LogP contribution in [0.3, 0.4) is 0 Å². The summed E-state index contributed by atoms with van der Waals surface area (Å²) in [4.78, 5) is 13.1. The van der Waals surface area contributed by atoms with Gasteiger partial charge >= 0.3 is 6.03 Å². The van der Waals surface area contributed by atoms with Crippen LogP contribution in [-0.4, -0.2) is 30.6 Å². The molecule has 70 valence electrons. The highest BCUT2D eigenvalue weighted by Gasteiger charge is 2.24. The maximum atomic E-state index is 11.3. The van der Waals surface area contributed by atoms with E-state index < -0.39 is 0 Å². The number of rotatable bonds is 4. The molecule has 0 bridgehead atoms. The van der Waals surface area contributed by atoms with Crippen molar-refractivity contribution in [3.8, 4) is 0 Å². The SMILES string of the molecule is CCCCN(C)C(=O)NC1CC1. The summed E-state index contributed by atoms with van der Waals surface area (Å²) in [7, 11) is 1.85. The van der Waals surface area contributed by atoms with Gasteiger partial charge in [0.05, 0.1) is 0 Å². The van der Waals surface area contributed by atoms with Gasteiger partial charge in [-0.25, -0.2) is 4.79 Å². The summed E-state index contributed by atoms with van der Waals surface area (Å²) in [5, 5.41) is 2.95. The Morgan fingerprint density at radius 3 is 2.75 bits per heavy atom. The Morgan fingerprint density at radius 2 is 2.25 bits per heavy atom. The molecule has 0 saturated heterocycles. The third-order valence-corrected chi connectivity index (χ3v) is 2.10. The number of nitrogens with zero attached hydrogens (tertiary/aromatic N) is 1. The first-order chi connectivity index (χ1) is 5.74. The van der Waals surface area contributed by atoms with Gasteiger partial charge in [-0.1, -0.05) is 13.3 Å². The molecular weight excluding hydrogens is 152 g/mol. The van der Waals surface area contributed by atoms with Crippen molar-refractivity contribution in [1.82, 2.24) is 10.2 Å². The van der Waals surface area contributed by atoms with Crippen molar-refractivity contribution in [2.45, 2.75) is 38.6 Å². The van der Waals surface area contributed by atoms with Gasteiger partial charge in [-0.2, -0.15) is 0 Å². The van der Waals surface area contributed by atoms with Crippen LogP contribution < -0.4 is 5.32 Å². The van der Waals surface area contributed by atoms with E-state index in [4.69, 9.17) is 0 Å². The highest BCUT2D eigenvalue weighted by Crippen LogP contribution is 2.18. The molecule has 0 aliphatic heterocycles. The second-order valence-electron chi connectivity index (χ2n) is 3.50. The van der Waals surface area contributed by atoms with Gasteiger partial charge in [-0.3, -0.25) is 0 Å². The molecule has 0 radical (unpaired) electrons. The highest BCUT2D eigenvalue weighted by molar-refractivity contribution is 5.74. The van der Waals surface area contributed by atoms with Crippen LogP contribution in [0.25, 0.3) is 0 Å². The van der Waals surface area contributed by atoms with Crippen molar-refractivity contribution in [1.29, 1.82) is 0 Å². The quantitative estimate of drug-likeness (QED) is 0.682. The highest BCUT2D eigenvalue weighted by atomic mass is 16.2. The van der Waals surface area contributed by atoms with Gasteiger partial charge in [0.15, 0.2) is 0 Å². The zero-order valence-corrected chi connectivity index (χ0v) is 7.97. The largest absolute Gasteiger partial charge is 0.335 e. The molecule has 1 saturated carbocycles. The first-order valence-electron chi connectivity index (χ1n) is 4.75. The number of urea groups is 1. The van der Waals surface area contributed by atoms with E-state index in [1.165, 1.54) is 0 Å². The number of carbonyl (C=O) groups is 1. The lowest BCUT2D eigenvalue weighted by atomic mass is 10.3. The molecule has 3 nitrogen and oxygen atoms in total. The minimum Gasteiger partial charge on any atom is -0.335 e. The molecule has 1 aliphatic carbocycles. The number of amides is 2. The van der Waals surface area contributed by atoms with Crippen LogP contribution in [-0.2, 0) is 0 Å². The molecule has 1 rings (SSSR count). The lowest BCUT2D eigenvalue weighted by molar-refractivity contribution is 0.207. The van der Waals surface area contributed by atoms with Gasteiger partial charge < -0.3 is 10.2 Å². The lowest BCUT2D eigenvalue weighted by Crippen LogP contribution is -2.38. The Kier molecular flexibility index (Phi) is 3.38. The number of hydrogen-bond donors (Lipinski definition) is 1. The molecule has 0 spiro atoms. The third kappa shape index (κ3) is 3.11. The van der Waals surface area contributed by atoms with Gasteiger partial charge in [0, 0.05) is 19.6 Å². The van der Waals surface area contributed by atoms with E-state index in [1.807, 2.05) is 7.05 Å². The molecule has 0 atom stereocenters. The van der Waals surface area contributed by atoms with E-state index >= 15 is 0 Å². The molecule has 0 aromatic heterocycles. The number of unbranched alkanes of at least 4 members (excludes halogenated alkanes) is 1. The average Bonchev–Trinajstić information content (AvgIpc) is 2.83. The molecule has 3 heteroatoms. The standard InChI is InChI=1S/C9H18N2O/c1-3-4-7-11(2)9(12)10-8-5-6-8/h8H,3-7H2,1-2H3,(H,10,12). The molecule has 0 aromatic carbocycles. The molecule has 0 unspecified atom stereocenters. The summed E-state index contributed by atoms with van der Waals surface area (Å²) in [5.74, 6) is 0. The Labute approximate surface area is 74.1 Å². The van der Waals surface area contributed by atoms with E-state index in [1.54, 1.807) is 4.90 Å². The van der Waals surface area contributed by atoms with Crippen molar-refractivity contribution in [3.63, 3.8) is 0 Å². The predicted molar refractivity (Wildman–Crippen MR) is 49.1 cm³/mol. The zero-order valence-electron chi connectivity index (χ0n) is 7.97. The van der Waals surface area contributed by atoms with E-state index in [-0.39, 0.29) is 6.03 Å². The maximum Gasteiger partial charge on any atom is 0.317 e. The normalized spacial score (nSPS) is 15.8. The van der Waals surface area contributed by atoms with Crippen LogP contribution in [0.5, 0.6) is 0 Å². The third-order valence-electron chi connectivity index (χ3n) is 2.10. The second kappa shape index (κ2) is 4.33. The van der Waals surface area contributed by atoms with Crippen LogP contribution in [0, 0.1) is 0 Å². The van der Waals surface area contributed by atoms with Gasteiger partial charge in [0.2, 0.25) is 0 Å². The molecule has 1 aliphatic rings. The first-order valence-corrected chi connectivity index (χ1v) is 4.75. The molecule has 0 heterocycles. The summed E-state index contributed by atoms with van der Waals surface area (Å²) in [6, 6.07) is 0.563. The Balaban J connectivity index is 2.11. The molecule has 1 N–H and O–H groups in total. The van der Waals surface area contributed by atoms with E-state index in [9.17, 15) is 4.79 Å². The topological polar surface area (TPSA) is 32.3 Å². The van der Waals surface area contributed by atoms with Gasteiger partial charge in [0.25, 0.3) is 0 Å². The van der Waals surface area contributed by atoms with Crippen LogP contribution in [0.2, 0.25) is 0 Å². The van der Waals surface area contributed by atoms with Gasteiger partial charge in [-0.15, -0.1) is 0 Å². The summed E-state index contributed by atoms with van der Waals surface area (Å²) in [6.45, 7) is 3.00. The van der Waals surface area contributed by atoms with E-state index in [0.717, 1.165) is 32.2 Å². The van der Waals surface area contributed by atoms with Crippen molar-refractivity contribution in [3.05, 3.63) is 0 Å². The lowest BCUT2D eigenvalue weighted by Gasteiger charge is -2.16. The molecule has 12 heavy (non-hydrogen) atoms. The van der Waals surface area contributed by atoms with E-state index in [2.05, 4.69) is 12.2 Å². The first kappa shape index (κ1) is 9.36. The van der Waals surface area contributed by atoms with Crippen molar-refractivity contribution >= 4 is 6.03 Å². The van der Waals surface area contributed by atoms with Crippen LogP contribution >= 0.6 is 0 Å². The van der Waals surface area contributed by atoms with Crippen molar-refractivity contribution < 1.29 is 4.79 Å². The van der Waals surface area contributed by atoms with Gasteiger partial charge in [-0.05, 0) is 19.3 Å². The molecule has 2 amide bonds. The Bertz CT molecular complexity index is 155. The number of hydrogen-bond acceptors (Lipinski definition) is 1. The summed E-state index contributed by atoms with van der Waals surface area (Å²) < 4.78 is 0. The minimum absolute atomic E-state index is 0.0888. The fourth-order valence-corrected chi connectivity index (χ4v) is 1.01. The average molecular weight is 170 g/mol. The minimum atomic E-state index is 0.0888. The van der Waals surface area contributed by atoms with Crippen LogP contribution in [0.15, 0.2) is 0 Å². The Morgan fingerprint density at radius 1 is 1.58 bits per heavy atom. The predicted octanol–water partition coefficient (Wildman–Crippen LogP) is 1.59. The van der Waals surface area contributed by atoms with Gasteiger partial charge in [0.1, 0.15) is 0 Å². The molecule has 0 aromatic rings. The molecule has 1 fully saturated rings. The van der Waals surface area contributed by atoms with E-state index in [0.29, 0.717) is 6.04 Å². The van der Waals surface area contributed by atoms with Crippen LogP contribution in [0.4, 0.5) is 4.79 Å². The van der Waals surface area contributed by atoms with Crippen molar-refractivity contribution in [2.75, 3.05) is 13.6 Å². The zero-order chi connectivity index (χ0) is 8.97. The number of carbonyl (C=O) groups excluding carboxylic acids is 1. The second-order valence-corrected chi connectivity index (χ2v) is 3.50. The monoisotopic (exact) mass is 170 g/mol. The van der Waals surface area contributed by atoms with Crippen LogP contribution in [0.1, 0.15) is 32.6 Å².